The minimum Gasteiger partial charge on any atom is -0.404 e. The zero-order chi connectivity index (χ0) is 18.2. The molecular formula is C15H22N3O6+. The van der Waals surface area contributed by atoms with Crippen molar-refractivity contribution in [2.75, 3.05) is 13.2 Å². The third-order valence-electron chi connectivity index (χ3n) is 3.49. The predicted molar refractivity (Wildman–Crippen MR) is 82.1 cm³/mol. The van der Waals surface area contributed by atoms with Gasteiger partial charge in [-0.1, -0.05) is 6.92 Å². The van der Waals surface area contributed by atoms with Gasteiger partial charge in [-0.3, -0.25) is 9.59 Å². The van der Waals surface area contributed by atoms with Crippen molar-refractivity contribution in [2.45, 2.75) is 33.9 Å². The molecule has 1 N–H and O–H groups in total. The summed E-state index contributed by atoms with van der Waals surface area (Å²) in [5.41, 5.74) is -0.226. The Morgan fingerprint density at radius 2 is 2.12 bits per heavy atom. The van der Waals surface area contributed by atoms with Crippen LogP contribution in [-0.2, 0) is 21.1 Å². The van der Waals surface area contributed by atoms with E-state index in [0.29, 0.717) is 12.0 Å². The quantitative estimate of drug-likeness (QED) is 0.234. The first kappa shape index (κ1) is 19.3. The minimum atomic E-state index is -0.922. The van der Waals surface area contributed by atoms with Gasteiger partial charge in [-0.05, 0) is 26.3 Å². The third-order valence-corrected chi connectivity index (χ3v) is 3.49. The molecule has 9 heteroatoms. The lowest BCUT2D eigenvalue weighted by Gasteiger charge is -2.18. The van der Waals surface area contributed by atoms with Crippen LogP contribution in [0.15, 0.2) is 24.5 Å². The average Bonchev–Trinajstić information content (AvgIpc) is 2.56. The van der Waals surface area contributed by atoms with Gasteiger partial charge in [0.1, 0.15) is 12.2 Å². The Bertz CT molecular complexity index is 603. The molecule has 0 spiro atoms. The maximum Gasteiger partial charge on any atom is 0.316 e. The van der Waals surface area contributed by atoms with Crippen LogP contribution in [0.5, 0.6) is 0 Å². The number of carbonyl (C=O) groups is 2. The number of nitrogens with zero attached hydrogens (tertiary/aromatic N) is 2. The molecule has 0 radical (unpaired) electrons. The van der Waals surface area contributed by atoms with Gasteiger partial charge in [-0.15, -0.1) is 10.1 Å². The van der Waals surface area contributed by atoms with E-state index in [1.807, 2.05) is 6.92 Å². The van der Waals surface area contributed by atoms with Crippen LogP contribution < -0.4 is 9.88 Å². The summed E-state index contributed by atoms with van der Waals surface area (Å²) < 4.78 is 6.80. The lowest BCUT2D eigenvalue weighted by Crippen LogP contribution is -2.39. The highest BCUT2D eigenvalue weighted by Gasteiger charge is 2.28. The fraction of sp³-hybridized carbons (Fsp3) is 0.533. The van der Waals surface area contributed by atoms with Crippen molar-refractivity contribution >= 4 is 11.9 Å². The van der Waals surface area contributed by atoms with Gasteiger partial charge in [0.05, 0.1) is 5.41 Å². The molecule has 0 aliphatic heterocycles. The predicted octanol–water partition coefficient (Wildman–Crippen LogP) is 0.849. The molecule has 0 aromatic carbocycles. The zero-order valence-electron chi connectivity index (χ0n) is 14.0. The van der Waals surface area contributed by atoms with E-state index in [-0.39, 0.29) is 25.9 Å². The van der Waals surface area contributed by atoms with Crippen LogP contribution >= 0.6 is 0 Å². The highest BCUT2D eigenvalue weighted by atomic mass is 16.9. The van der Waals surface area contributed by atoms with Gasteiger partial charge in [0.25, 0.3) is 17.7 Å². The first-order chi connectivity index (χ1) is 11.3. The number of aromatic nitrogens is 1. The van der Waals surface area contributed by atoms with Gasteiger partial charge in [-0.2, -0.15) is 4.57 Å². The molecule has 24 heavy (non-hydrogen) atoms. The fourth-order valence-corrected chi connectivity index (χ4v) is 1.60. The number of hydrogen-bond acceptors (Lipinski definition) is 6. The Kier molecular flexibility index (Phi) is 7.09. The van der Waals surface area contributed by atoms with Crippen molar-refractivity contribution < 1.29 is 28.8 Å². The summed E-state index contributed by atoms with van der Waals surface area (Å²) in [4.78, 5) is 38.0. The van der Waals surface area contributed by atoms with Gasteiger partial charge in [-0.25, -0.2) is 0 Å². The number of esters is 1. The highest BCUT2D eigenvalue weighted by Crippen LogP contribution is 2.21. The number of rotatable bonds is 9. The molecule has 132 valence electrons. The van der Waals surface area contributed by atoms with E-state index in [0.717, 1.165) is 0 Å². The smallest absolute Gasteiger partial charge is 0.316 e. The molecule has 0 saturated carbocycles. The number of nitrogens with one attached hydrogen (secondary N) is 1. The van der Waals surface area contributed by atoms with Gasteiger partial charge < -0.3 is 14.9 Å². The third kappa shape index (κ3) is 6.19. The van der Waals surface area contributed by atoms with Crippen molar-refractivity contribution in [2.24, 2.45) is 5.41 Å². The highest BCUT2D eigenvalue weighted by molar-refractivity contribution is 5.93. The van der Waals surface area contributed by atoms with E-state index in [1.165, 1.54) is 6.20 Å². The van der Waals surface area contributed by atoms with Crippen molar-refractivity contribution in [1.82, 2.24) is 5.32 Å². The first-order valence-electron chi connectivity index (χ1n) is 7.48. The van der Waals surface area contributed by atoms with Crippen molar-refractivity contribution in [3.8, 4) is 0 Å². The number of amides is 1. The molecule has 0 unspecified atom stereocenters. The average molecular weight is 340 g/mol. The Hall–Kier alpha value is -2.71. The van der Waals surface area contributed by atoms with Crippen LogP contribution in [0.2, 0.25) is 0 Å². The Balaban J connectivity index is 2.55. The Labute approximate surface area is 139 Å². The Morgan fingerprint density at radius 1 is 1.42 bits per heavy atom. The molecule has 0 aliphatic rings. The SMILES string of the molecule is CCC(C)(C)C(=O)OC[n+]1cccc(C(=O)NCCO[N+](=O)[O-])c1. The molecular weight excluding hydrogens is 318 g/mol. The van der Waals surface area contributed by atoms with Crippen molar-refractivity contribution in [1.29, 1.82) is 0 Å². The standard InChI is InChI=1S/C15H21N3O6/c1-4-15(2,3)14(20)23-11-17-8-5-6-12(10-17)13(19)16-7-9-24-18(21)22/h5-6,8,10H,4,7,9,11H2,1-3H3/p+1. The minimum absolute atomic E-state index is 0.00613. The monoisotopic (exact) mass is 340 g/mol. The van der Waals surface area contributed by atoms with E-state index in [1.54, 1.807) is 36.7 Å². The Morgan fingerprint density at radius 3 is 2.75 bits per heavy atom. The summed E-state index contributed by atoms with van der Waals surface area (Å²) in [6.07, 6.45) is 3.85. The van der Waals surface area contributed by atoms with E-state index in [9.17, 15) is 19.7 Å². The van der Waals surface area contributed by atoms with Crippen LogP contribution in [-0.4, -0.2) is 30.1 Å². The number of carbonyl (C=O) groups excluding carboxylic acids is 2. The van der Waals surface area contributed by atoms with Crippen LogP contribution in [0.4, 0.5) is 0 Å². The van der Waals surface area contributed by atoms with E-state index < -0.39 is 16.4 Å². The second kappa shape index (κ2) is 8.80. The molecule has 0 saturated heterocycles. The molecule has 0 fully saturated rings. The van der Waals surface area contributed by atoms with Crippen LogP contribution in [0.1, 0.15) is 37.6 Å². The molecule has 1 heterocycles. The summed E-state index contributed by atoms with van der Waals surface area (Å²) in [5, 5.41) is 11.6. The van der Waals surface area contributed by atoms with Crippen molar-refractivity contribution in [3.05, 3.63) is 40.2 Å². The lowest BCUT2D eigenvalue weighted by molar-refractivity contribution is -0.757. The van der Waals surface area contributed by atoms with Gasteiger partial charge in [0, 0.05) is 12.6 Å². The molecule has 0 aliphatic carbocycles. The van der Waals surface area contributed by atoms with Crippen LogP contribution in [0, 0.1) is 15.5 Å². The van der Waals surface area contributed by atoms with Crippen LogP contribution in [0.3, 0.4) is 0 Å². The first-order valence-corrected chi connectivity index (χ1v) is 7.48. The van der Waals surface area contributed by atoms with Crippen LogP contribution in [0.25, 0.3) is 0 Å². The molecule has 0 atom stereocenters. The summed E-state index contributed by atoms with van der Waals surface area (Å²) in [6, 6.07) is 3.22. The molecule has 1 aromatic heterocycles. The molecule has 0 bridgehead atoms. The molecule has 1 aromatic rings. The second-order valence-corrected chi connectivity index (χ2v) is 5.72. The summed E-state index contributed by atoms with van der Waals surface area (Å²) in [6.45, 7) is 5.28. The summed E-state index contributed by atoms with van der Waals surface area (Å²) in [7, 11) is 0. The largest absolute Gasteiger partial charge is 0.404 e. The maximum absolute atomic E-state index is 11.9. The normalized spacial score (nSPS) is 10.8. The second-order valence-electron chi connectivity index (χ2n) is 5.72. The number of ether oxygens (including phenoxy) is 1. The molecule has 1 rings (SSSR count). The van der Waals surface area contributed by atoms with Crippen molar-refractivity contribution in [3.63, 3.8) is 0 Å². The fourth-order valence-electron chi connectivity index (χ4n) is 1.60. The zero-order valence-corrected chi connectivity index (χ0v) is 14.0. The van der Waals surface area contributed by atoms with Gasteiger partial charge in [0.15, 0.2) is 12.4 Å². The number of hydrogen-bond donors (Lipinski definition) is 1. The van der Waals surface area contributed by atoms with E-state index in [4.69, 9.17) is 4.74 Å². The molecule has 1 amide bonds. The molecule has 9 nitrogen and oxygen atoms in total. The summed E-state index contributed by atoms with van der Waals surface area (Å²) >= 11 is 0. The van der Waals surface area contributed by atoms with Gasteiger partial charge >= 0.3 is 5.97 Å². The van der Waals surface area contributed by atoms with Gasteiger partial charge in [0.2, 0.25) is 0 Å². The van der Waals surface area contributed by atoms with E-state index in [2.05, 4.69) is 10.2 Å². The maximum atomic E-state index is 11.9. The lowest BCUT2D eigenvalue weighted by atomic mass is 9.91. The topological polar surface area (TPSA) is 112 Å². The van der Waals surface area contributed by atoms with E-state index >= 15 is 0 Å². The summed E-state index contributed by atoms with van der Waals surface area (Å²) in [5.74, 6) is -0.721. The number of pyridine rings is 1.